The van der Waals surface area contributed by atoms with E-state index < -0.39 is 17.6 Å². The zero-order valence-corrected chi connectivity index (χ0v) is 29.1. The zero-order valence-electron chi connectivity index (χ0n) is 27.5. The second-order valence-corrected chi connectivity index (χ2v) is 14.3. The summed E-state index contributed by atoms with van der Waals surface area (Å²) in [4.78, 5) is 35.9. The molecule has 0 saturated carbocycles. The van der Waals surface area contributed by atoms with Crippen molar-refractivity contribution in [3.63, 3.8) is 0 Å². The van der Waals surface area contributed by atoms with E-state index in [0.29, 0.717) is 52.9 Å². The first kappa shape index (κ1) is 33.3. The molecule has 0 radical (unpaired) electrons. The molecule has 1 saturated heterocycles. The van der Waals surface area contributed by atoms with Gasteiger partial charge in [0.2, 0.25) is 0 Å². The van der Waals surface area contributed by atoms with Crippen LogP contribution in [-0.4, -0.2) is 56.2 Å². The van der Waals surface area contributed by atoms with E-state index in [0.717, 1.165) is 32.9 Å². The summed E-state index contributed by atoms with van der Waals surface area (Å²) in [5, 5.41) is 1.17. The van der Waals surface area contributed by atoms with Gasteiger partial charge in [-0.3, -0.25) is 14.3 Å². The van der Waals surface area contributed by atoms with Crippen LogP contribution in [0.3, 0.4) is 0 Å². The molecule has 1 fully saturated rings. The topological polar surface area (TPSA) is 122 Å². The standard InChI is InChI=1S/C36H38ClN5O5S/c1-21-17-24(11-14-39-21)23-9-10-28-27(18-23)40-20-42(28)31-19-30(33(48-31)34(38)43)45-22(2)26-7-6-8-29(32(26)37)46-25-12-15-41(16-13-25)35(44)47-36(3,4)5/h6-11,14,17-20,22,25H,12-13,15-16H2,1-5H3,(H2,38,43)/t22-/m1/s1. The highest BCUT2D eigenvalue weighted by molar-refractivity contribution is 7.16. The molecule has 0 unspecified atom stereocenters. The lowest BCUT2D eigenvalue weighted by atomic mass is 10.1. The number of nitrogens with two attached hydrogens (primary N) is 1. The van der Waals surface area contributed by atoms with Crippen molar-refractivity contribution in [2.45, 2.75) is 65.3 Å². The molecular weight excluding hydrogens is 650 g/mol. The minimum atomic E-state index is -0.589. The maximum atomic E-state index is 12.5. The first-order valence-corrected chi connectivity index (χ1v) is 17.0. The van der Waals surface area contributed by atoms with Gasteiger partial charge in [-0.1, -0.05) is 29.8 Å². The van der Waals surface area contributed by atoms with Gasteiger partial charge in [-0.15, -0.1) is 11.3 Å². The van der Waals surface area contributed by atoms with E-state index in [-0.39, 0.29) is 12.2 Å². The summed E-state index contributed by atoms with van der Waals surface area (Å²) in [7, 11) is 0. The number of amides is 2. The fourth-order valence-corrected chi connectivity index (χ4v) is 6.93. The molecule has 12 heteroatoms. The Labute approximate surface area is 288 Å². The molecule has 0 bridgehead atoms. The Morgan fingerprint density at radius 2 is 1.77 bits per heavy atom. The van der Waals surface area contributed by atoms with Crippen LogP contribution in [0.2, 0.25) is 5.02 Å². The van der Waals surface area contributed by atoms with E-state index in [2.05, 4.69) is 9.97 Å². The average Bonchev–Trinajstić information content (AvgIpc) is 3.65. The number of aromatic nitrogens is 3. The Morgan fingerprint density at radius 1 is 1.02 bits per heavy atom. The number of ether oxygens (including phenoxy) is 3. The lowest BCUT2D eigenvalue weighted by Crippen LogP contribution is -2.44. The third-order valence-electron chi connectivity index (χ3n) is 8.05. The highest BCUT2D eigenvalue weighted by Gasteiger charge is 2.29. The maximum absolute atomic E-state index is 12.5. The molecule has 3 aromatic heterocycles. The largest absolute Gasteiger partial charge is 0.489 e. The van der Waals surface area contributed by atoms with Gasteiger partial charge < -0.3 is 24.8 Å². The Morgan fingerprint density at radius 3 is 2.48 bits per heavy atom. The number of fused-ring (bicyclic) bond motifs is 1. The number of primary amides is 1. The van der Waals surface area contributed by atoms with Crippen LogP contribution in [0.4, 0.5) is 4.79 Å². The summed E-state index contributed by atoms with van der Waals surface area (Å²) >= 11 is 8.10. The molecular formula is C36H38ClN5O5S. The van der Waals surface area contributed by atoms with Gasteiger partial charge in [-0.25, -0.2) is 9.78 Å². The van der Waals surface area contributed by atoms with Gasteiger partial charge in [0.05, 0.1) is 16.1 Å². The van der Waals surface area contributed by atoms with Gasteiger partial charge in [0, 0.05) is 49.5 Å². The lowest BCUT2D eigenvalue weighted by Gasteiger charge is -2.33. The first-order chi connectivity index (χ1) is 22.9. The van der Waals surface area contributed by atoms with Crippen molar-refractivity contribution in [2.75, 3.05) is 13.1 Å². The minimum Gasteiger partial charge on any atom is -0.489 e. The number of likely N-dealkylation sites (tertiary alicyclic amines) is 1. The molecule has 0 aliphatic carbocycles. The van der Waals surface area contributed by atoms with Crippen molar-refractivity contribution in [3.05, 3.63) is 88.3 Å². The predicted molar refractivity (Wildman–Crippen MR) is 187 cm³/mol. The molecule has 4 heterocycles. The average molecular weight is 688 g/mol. The van der Waals surface area contributed by atoms with Crippen molar-refractivity contribution in [3.8, 4) is 27.6 Å². The minimum absolute atomic E-state index is 0.108. The van der Waals surface area contributed by atoms with Crippen molar-refractivity contribution in [2.24, 2.45) is 5.73 Å². The van der Waals surface area contributed by atoms with E-state index in [1.54, 1.807) is 23.5 Å². The number of pyridine rings is 1. The summed E-state index contributed by atoms with van der Waals surface area (Å²) in [6.07, 6.45) is 3.88. The van der Waals surface area contributed by atoms with Crippen LogP contribution in [0.15, 0.2) is 67.1 Å². The second kappa shape index (κ2) is 13.5. The predicted octanol–water partition coefficient (Wildman–Crippen LogP) is 8.13. The monoisotopic (exact) mass is 687 g/mol. The number of halogens is 1. The summed E-state index contributed by atoms with van der Waals surface area (Å²) < 4.78 is 20.1. The molecule has 6 rings (SSSR count). The van der Waals surface area contributed by atoms with Gasteiger partial charge in [-0.05, 0) is 76.1 Å². The summed E-state index contributed by atoms with van der Waals surface area (Å²) in [5.74, 6) is 0.305. The summed E-state index contributed by atoms with van der Waals surface area (Å²) in [6, 6.07) is 17.4. The van der Waals surface area contributed by atoms with E-state index in [1.807, 2.05) is 87.7 Å². The van der Waals surface area contributed by atoms with Crippen molar-refractivity contribution in [1.29, 1.82) is 0 Å². The number of aryl methyl sites for hydroxylation is 1. The number of carbonyl (C=O) groups excluding carboxylic acids is 2. The number of nitrogens with zero attached hydrogens (tertiary/aromatic N) is 4. The first-order valence-electron chi connectivity index (χ1n) is 15.8. The van der Waals surface area contributed by atoms with E-state index in [1.165, 1.54) is 11.3 Å². The van der Waals surface area contributed by atoms with E-state index in [4.69, 9.17) is 31.5 Å². The van der Waals surface area contributed by atoms with Crippen LogP contribution in [-0.2, 0) is 4.74 Å². The fourth-order valence-electron chi connectivity index (χ4n) is 5.68. The molecule has 5 aromatic rings. The normalized spacial score (nSPS) is 14.6. The van der Waals surface area contributed by atoms with Gasteiger partial charge in [0.1, 0.15) is 45.5 Å². The highest BCUT2D eigenvalue weighted by Crippen LogP contribution is 2.39. The Bertz CT molecular complexity index is 1980. The molecule has 48 heavy (non-hydrogen) atoms. The fraction of sp³-hybridized carbons (Fsp3) is 0.333. The molecule has 1 atom stereocenters. The van der Waals surface area contributed by atoms with Gasteiger partial charge in [-0.2, -0.15) is 0 Å². The second-order valence-electron chi connectivity index (χ2n) is 12.9. The number of thiophene rings is 1. The summed E-state index contributed by atoms with van der Waals surface area (Å²) in [5.41, 5.74) is 10.7. The molecule has 0 spiro atoms. The maximum Gasteiger partial charge on any atom is 0.410 e. The Hall–Kier alpha value is -4.61. The molecule has 250 valence electrons. The third-order valence-corrected chi connectivity index (χ3v) is 9.58. The quantitative estimate of drug-likeness (QED) is 0.175. The number of benzene rings is 2. The number of hydrogen-bond donors (Lipinski definition) is 1. The van der Waals surface area contributed by atoms with Crippen LogP contribution in [0.1, 0.15) is 67.6 Å². The van der Waals surface area contributed by atoms with Crippen LogP contribution >= 0.6 is 22.9 Å². The van der Waals surface area contributed by atoms with Crippen molar-refractivity contribution >= 4 is 46.0 Å². The molecule has 1 aliphatic heterocycles. The molecule has 1 aliphatic rings. The number of rotatable bonds is 8. The van der Waals surface area contributed by atoms with Crippen LogP contribution in [0.25, 0.3) is 27.2 Å². The number of piperidine rings is 1. The number of carbonyl (C=O) groups is 2. The summed E-state index contributed by atoms with van der Waals surface area (Å²) in [6.45, 7) is 10.5. The number of imidazole rings is 1. The van der Waals surface area contributed by atoms with Crippen LogP contribution in [0.5, 0.6) is 11.5 Å². The number of hydrogen-bond acceptors (Lipinski definition) is 8. The third kappa shape index (κ3) is 7.27. The van der Waals surface area contributed by atoms with E-state index >= 15 is 0 Å². The van der Waals surface area contributed by atoms with Gasteiger partial charge in [0.15, 0.2) is 0 Å². The van der Waals surface area contributed by atoms with Crippen molar-refractivity contribution in [1.82, 2.24) is 19.4 Å². The molecule has 2 aromatic carbocycles. The Balaban J connectivity index is 1.17. The van der Waals surface area contributed by atoms with Gasteiger partial charge >= 0.3 is 6.09 Å². The molecule has 10 nitrogen and oxygen atoms in total. The van der Waals surface area contributed by atoms with Crippen LogP contribution in [0, 0.1) is 6.92 Å². The lowest BCUT2D eigenvalue weighted by molar-refractivity contribution is 0.0126. The van der Waals surface area contributed by atoms with Crippen LogP contribution < -0.4 is 15.2 Å². The highest BCUT2D eigenvalue weighted by atomic mass is 35.5. The van der Waals surface area contributed by atoms with E-state index in [9.17, 15) is 9.59 Å². The zero-order chi connectivity index (χ0) is 34.2. The Kier molecular flexibility index (Phi) is 9.35. The van der Waals surface area contributed by atoms with Crippen molar-refractivity contribution < 1.29 is 23.8 Å². The SMILES string of the molecule is Cc1cc(-c2ccc3c(c2)ncn3-c2cc(O[C@H](C)c3cccc(OC4CCN(C(=O)OC(C)(C)C)CC4)c3Cl)c(C(N)=O)s2)ccn1. The molecule has 2 N–H and O–H groups in total. The van der Waals surface area contributed by atoms with Gasteiger partial charge in [0.25, 0.3) is 5.91 Å². The molecule has 2 amide bonds. The smallest absolute Gasteiger partial charge is 0.410 e.